The summed E-state index contributed by atoms with van der Waals surface area (Å²) in [5.74, 6) is 0.884. The zero-order chi connectivity index (χ0) is 19.9. The maximum atomic E-state index is 13.6. The van der Waals surface area contributed by atoms with E-state index in [9.17, 15) is 12.8 Å². The molecule has 1 aromatic carbocycles. The number of sulfone groups is 1. The van der Waals surface area contributed by atoms with E-state index in [1.165, 1.54) is 37.3 Å². The van der Waals surface area contributed by atoms with Gasteiger partial charge in [-0.3, -0.25) is 4.99 Å². The number of rotatable bonds is 7. The van der Waals surface area contributed by atoms with Gasteiger partial charge in [0.05, 0.1) is 5.75 Å². The van der Waals surface area contributed by atoms with Crippen LogP contribution in [0.5, 0.6) is 0 Å². The molecule has 2 rings (SSSR count). The number of benzene rings is 1. The highest BCUT2D eigenvalue weighted by atomic mass is 32.2. The summed E-state index contributed by atoms with van der Waals surface area (Å²) < 4.78 is 36.8. The topological polar surface area (TPSA) is 73.8 Å². The minimum atomic E-state index is -3.19. The molecule has 0 amide bonds. The molecule has 1 aromatic rings. The van der Waals surface area contributed by atoms with Crippen LogP contribution < -0.4 is 10.6 Å². The number of guanidine groups is 1. The molecular weight excluding hydrogens is 367 g/mol. The number of likely N-dealkylation sites (tertiary alicyclic amines) is 1. The lowest BCUT2D eigenvalue weighted by molar-refractivity contribution is 0.213. The maximum absolute atomic E-state index is 13.6. The Balaban J connectivity index is 1.85. The second-order valence-corrected chi connectivity index (χ2v) is 9.51. The van der Waals surface area contributed by atoms with Gasteiger partial charge in [-0.1, -0.05) is 6.07 Å². The molecule has 0 unspecified atom stereocenters. The summed E-state index contributed by atoms with van der Waals surface area (Å²) in [7, 11) is 0.659. The number of nitrogens with one attached hydrogen (secondary N) is 2. The molecule has 1 fully saturated rings. The van der Waals surface area contributed by atoms with Gasteiger partial charge in [0.2, 0.25) is 0 Å². The summed E-state index contributed by atoms with van der Waals surface area (Å²) in [5.41, 5.74) is 1.23. The average molecular weight is 399 g/mol. The monoisotopic (exact) mass is 398 g/mol. The van der Waals surface area contributed by atoms with Crippen LogP contribution in [0.15, 0.2) is 23.2 Å². The van der Waals surface area contributed by atoms with Crippen molar-refractivity contribution >= 4 is 15.8 Å². The van der Waals surface area contributed by atoms with Crippen molar-refractivity contribution in [1.82, 2.24) is 15.5 Å². The highest BCUT2D eigenvalue weighted by molar-refractivity contribution is 7.89. The molecule has 0 saturated carbocycles. The van der Waals surface area contributed by atoms with Crippen LogP contribution in [0.25, 0.3) is 0 Å². The van der Waals surface area contributed by atoms with E-state index >= 15 is 0 Å². The zero-order valence-corrected chi connectivity index (χ0v) is 17.3. The first-order valence-electron chi connectivity index (χ1n) is 9.35. The third-order valence-corrected chi connectivity index (χ3v) is 5.77. The van der Waals surface area contributed by atoms with Crippen molar-refractivity contribution in [3.05, 3.63) is 35.1 Å². The Morgan fingerprint density at radius 3 is 2.59 bits per heavy atom. The Morgan fingerprint density at radius 2 is 1.96 bits per heavy atom. The first-order valence-corrected chi connectivity index (χ1v) is 11.4. The number of hydrogen-bond acceptors (Lipinski definition) is 4. The van der Waals surface area contributed by atoms with E-state index in [2.05, 4.69) is 27.6 Å². The molecule has 1 saturated heterocycles. The predicted molar refractivity (Wildman–Crippen MR) is 108 cm³/mol. The third kappa shape index (κ3) is 7.84. The molecule has 1 aliphatic heterocycles. The Bertz CT molecular complexity index is 744. The predicted octanol–water partition coefficient (Wildman–Crippen LogP) is 1.77. The fourth-order valence-corrected chi connectivity index (χ4v) is 4.17. The van der Waals surface area contributed by atoms with E-state index < -0.39 is 9.84 Å². The first kappa shape index (κ1) is 21.6. The van der Waals surface area contributed by atoms with Gasteiger partial charge >= 0.3 is 0 Å². The molecule has 1 heterocycles. The van der Waals surface area contributed by atoms with Crippen LogP contribution in [0.1, 0.15) is 30.4 Å². The van der Waals surface area contributed by atoms with Gasteiger partial charge in [0.25, 0.3) is 0 Å². The quantitative estimate of drug-likeness (QED) is 0.541. The second kappa shape index (κ2) is 10.0. The molecule has 6 nitrogen and oxygen atoms in total. The molecule has 2 N–H and O–H groups in total. The van der Waals surface area contributed by atoms with Crippen molar-refractivity contribution in [2.45, 2.75) is 31.6 Å². The Labute approximate surface area is 162 Å². The van der Waals surface area contributed by atoms with Gasteiger partial charge in [-0.2, -0.15) is 0 Å². The lowest BCUT2D eigenvalue weighted by Crippen LogP contribution is -2.39. The van der Waals surface area contributed by atoms with Crippen LogP contribution in [-0.4, -0.2) is 59.3 Å². The van der Waals surface area contributed by atoms with E-state index in [0.717, 1.165) is 32.0 Å². The average Bonchev–Trinajstić information content (AvgIpc) is 2.60. The minimum Gasteiger partial charge on any atom is -0.356 e. The van der Waals surface area contributed by atoms with E-state index in [1.54, 1.807) is 7.05 Å². The highest BCUT2D eigenvalue weighted by Crippen LogP contribution is 2.18. The Hall–Kier alpha value is -1.67. The van der Waals surface area contributed by atoms with Crippen molar-refractivity contribution in [2.24, 2.45) is 10.9 Å². The van der Waals surface area contributed by atoms with Gasteiger partial charge in [-0.15, -0.1) is 0 Å². The van der Waals surface area contributed by atoms with Crippen molar-refractivity contribution in [2.75, 3.05) is 40.0 Å². The Kier molecular flexibility index (Phi) is 8.04. The van der Waals surface area contributed by atoms with Gasteiger partial charge in [-0.25, -0.2) is 12.8 Å². The fraction of sp³-hybridized carbons (Fsp3) is 0.632. The summed E-state index contributed by atoms with van der Waals surface area (Å²) >= 11 is 0. The molecule has 8 heteroatoms. The molecule has 27 heavy (non-hydrogen) atoms. The van der Waals surface area contributed by atoms with Crippen LogP contribution in [0.3, 0.4) is 0 Å². The van der Waals surface area contributed by atoms with Gasteiger partial charge in [-0.05, 0) is 68.6 Å². The fourth-order valence-electron chi connectivity index (χ4n) is 3.33. The normalized spacial score (nSPS) is 17.1. The Morgan fingerprint density at radius 1 is 1.26 bits per heavy atom. The van der Waals surface area contributed by atoms with Crippen LogP contribution in [0, 0.1) is 11.7 Å². The van der Waals surface area contributed by atoms with Gasteiger partial charge in [0.15, 0.2) is 15.8 Å². The van der Waals surface area contributed by atoms with Gasteiger partial charge in [0.1, 0.15) is 5.82 Å². The maximum Gasteiger partial charge on any atom is 0.191 e. The summed E-state index contributed by atoms with van der Waals surface area (Å²) in [6.07, 6.45) is 4.72. The van der Waals surface area contributed by atoms with Crippen molar-refractivity contribution in [3.8, 4) is 0 Å². The number of nitrogens with zero attached hydrogens (tertiary/aromatic N) is 2. The van der Waals surface area contributed by atoms with E-state index in [4.69, 9.17) is 0 Å². The standard InChI is InChI=1S/C19H31FN4O2S/c1-21-19(22-9-6-15-7-10-24(2)11-8-15)23-13-17-12-18(20)5-4-16(17)14-27(3,25)26/h4-5,12,15H,6-11,13-14H2,1-3H3,(H2,21,22,23). The van der Waals surface area contributed by atoms with Gasteiger partial charge < -0.3 is 15.5 Å². The van der Waals surface area contributed by atoms with Crippen LogP contribution in [-0.2, 0) is 22.1 Å². The SMILES string of the molecule is CN=C(NCCC1CCN(C)CC1)NCc1cc(F)ccc1CS(C)(=O)=O. The van der Waals surface area contributed by atoms with Gasteiger partial charge in [0, 0.05) is 26.4 Å². The van der Waals surface area contributed by atoms with Crippen LogP contribution in [0.2, 0.25) is 0 Å². The largest absolute Gasteiger partial charge is 0.356 e. The molecule has 0 spiro atoms. The molecule has 0 aromatic heterocycles. The summed E-state index contributed by atoms with van der Waals surface area (Å²) in [5, 5.41) is 6.45. The van der Waals surface area contributed by atoms with E-state index in [0.29, 0.717) is 23.6 Å². The smallest absolute Gasteiger partial charge is 0.191 e. The third-order valence-electron chi connectivity index (χ3n) is 4.94. The molecule has 0 atom stereocenters. The van der Waals surface area contributed by atoms with Crippen LogP contribution >= 0.6 is 0 Å². The molecule has 1 aliphatic rings. The summed E-state index contributed by atoms with van der Waals surface area (Å²) in [6.45, 7) is 3.45. The minimum absolute atomic E-state index is 0.105. The van der Waals surface area contributed by atoms with Crippen molar-refractivity contribution in [1.29, 1.82) is 0 Å². The van der Waals surface area contributed by atoms with E-state index in [-0.39, 0.29) is 11.6 Å². The molecule has 0 bridgehead atoms. The summed E-state index contributed by atoms with van der Waals surface area (Å²) in [6, 6.07) is 4.20. The van der Waals surface area contributed by atoms with Crippen molar-refractivity contribution < 1.29 is 12.8 Å². The highest BCUT2D eigenvalue weighted by Gasteiger charge is 2.16. The van der Waals surface area contributed by atoms with Crippen molar-refractivity contribution in [3.63, 3.8) is 0 Å². The lowest BCUT2D eigenvalue weighted by atomic mass is 9.94. The second-order valence-electron chi connectivity index (χ2n) is 7.37. The number of piperidine rings is 1. The molecule has 0 aliphatic carbocycles. The van der Waals surface area contributed by atoms with Crippen LogP contribution in [0.4, 0.5) is 4.39 Å². The molecule has 152 valence electrons. The number of halogens is 1. The molecule has 0 radical (unpaired) electrons. The summed E-state index contributed by atoms with van der Waals surface area (Å²) in [4.78, 5) is 6.56. The number of hydrogen-bond donors (Lipinski definition) is 2. The number of aliphatic imine (C=N–C) groups is 1. The molecular formula is C19H31FN4O2S. The van der Waals surface area contributed by atoms with E-state index in [1.807, 2.05) is 0 Å². The zero-order valence-electron chi connectivity index (χ0n) is 16.5. The first-order chi connectivity index (χ1) is 12.8. The lowest BCUT2D eigenvalue weighted by Gasteiger charge is -2.29.